The normalized spacial score (nSPS) is 15.9. The Morgan fingerprint density at radius 3 is 2.18 bits per heavy atom. The number of carbonyl (C=O) groups excluding carboxylic acids is 6. The number of halogens is 1. The number of nitrogens with one attached hydrogen (secondary N) is 4. The molecule has 4 aromatic carbocycles. The first-order chi connectivity index (χ1) is 29.6. The quantitative estimate of drug-likeness (QED) is 0.116. The summed E-state index contributed by atoms with van der Waals surface area (Å²) in [5, 5.41) is 10.8. The molecule has 2 aliphatic rings. The Hall–Kier alpha value is -6.81. The van der Waals surface area contributed by atoms with Gasteiger partial charge < -0.3 is 35.1 Å². The molecule has 16 heteroatoms. The number of hydrogen-bond acceptors (Lipinski definition) is 9. The first-order valence-electron chi connectivity index (χ1n) is 20.3. The minimum absolute atomic E-state index is 0.0286. The zero-order valence-corrected chi connectivity index (χ0v) is 35.2. The van der Waals surface area contributed by atoms with Crippen molar-refractivity contribution in [3.63, 3.8) is 0 Å². The molecule has 3 atom stereocenters. The summed E-state index contributed by atoms with van der Waals surface area (Å²) in [4.78, 5) is 83.6. The average molecular weight is 851 g/mol. The fourth-order valence-electron chi connectivity index (χ4n) is 7.11. The maximum absolute atomic E-state index is 15.4. The first kappa shape index (κ1) is 44.7. The molecule has 1 saturated heterocycles. The third kappa shape index (κ3) is 11.3. The molecule has 326 valence electrons. The van der Waals surface area contributed by atoms with E-state index in [4.69, 9.17) is 14.2 Å². The van der Waals surface area contributed by atoms with Crippen molar-refractivity contribution >= 4 is 52.9 Å². The third-order valence-corrected chi connectivity index (χ3v) is 10.6. The SMILES string of the molecule is C[C@@H](C(=O)NC(C(=O)N1Cc2ccccc2[C@H]1C(=O)Nc1cc(C(=O)Nc2ccc(NC(=O)OCc3ccccc3)cc2)ccc1F)C1CCOCC1)N(C)C(=O)OC(C)(C)C. The second-order valence-corrected chi connectivity index (χ2v) is 16.2. The van der Waals surface area contributed by atoms with Crippen molar-refractivity contribution in [3.8, 4) is 0 Å². The van der Waals surface area contributed by atoms with Gasteiger partial charge in [0, 0.05) is 43.7 Å². The fraction of sp³-hybridized carbons (Fsp3) is 0.348. The Kier molecular flexibility index (Phi) is 14.2. The van der Waals surface area contributed by atoms with Gasteiger partial charge >= 0.3 is 12.2 Å². The van der Waals surface area contributed by atoms with E-state index in [0.717, 1.165) is 16.5 Å². The highest BCUT2D eigenvalue weighted by molar-refractivity contribution is 6.06. The number of ether oxygens (including phenoxy) is 3. The molecule has 0 bridgehead atoms. The predicted molar refractivity (Wildman–Crippen MR) is 228 cm³/mol. The van der Waals surface area contributed by atoms with Crippen molar-refractivity contribution in [2.45, 2.75) is 77.4 Å². The van der Waals surface area contributed by atoms with Crippen molar-refractivity contribution in [3.05, 3.63) is 125 Å². The summed E-state index contributed by atoms with van der Waals surface area (Å²) in [6.07, 6.45) is -0.456. The highest BCUT2D eigenvalue weighted by Gasteiger charge is 2.44. The van der Waals surface area contributed by atoms with Gasteiger partial charge in [-0.1, -0.05) is 54.6 Å². The average Bonchev–Trinajstić information content (AvgIpc) is 3.65. The number of benzene rings is 4. The van der Waals surface area contributed by atoms with Crippen LogP contribution in [0.15, 0.2) is 97.1 Å². The molecule has 62 heavy (non-hydrogen) atoms. The van der Waals surface area contributed by atoms with Gasteiger partial charge in [-0.15, -0.1) is 0 Å². The van der Waals surface area contributed by atoms with Crippen molar-refractivity contribution in [2.75, 3.05) is 36.2 Å². The van der Waals surface area contributed by atoms with Crippen LogP contribution in [0.25, 0.3) is 0 Å². The monoisotopic (exact) mass is 850 g/mol. The van der Waals surface area contributed by atoms with Crippen molar-refractivity contribution in [2.24, 2.45) is 5.92 Å². The maximum Gasteiger partial charge on any atom is 0.411 e. The largest absolute Gasteiger partial charge is 0.444 e. The van der Waals surface area contributed by atoms with Crippen LogP contribution in [0, 0.1) is 11.7 Å². The molecular formula is C46H51FN6O9. The van der Waals surface area contributed by atoms with Gasteiger partial charge in [0.15, 0.2) is 0 Å². The summed E-state index contributed by atoms with van der Waals surface area (Å²) in [6, 6.07) is 22.7. The molecule has 2 aliphatic heterocycles. The summed E-state index contributed by atoms with van der Waals surface area (Å²) in [5.74, 6) is -3.64. The van der Waals surface area contributed by atoms with Crippen LogP contribution in [0.1, 0.15) is 73.6 Å². The first-order valence-corrected chi connectivity index (χ1v) is 20.3. The van der Waals surface area contributed by atoms with E-state index in [1.54, 1.807) is 69.3 Å². The van der Waals surface area contributed by atoms with E-state index in [0.29, 0.717) is 48.6 Å². The molecule has 0 aliphatic carbocycles. The van der Waals surface area contributed by atoms with Gasteiger partial charge in [0.1, 0.15) is 36.2 Å². The van der Waals surface area contributed by atoms with E-state index < -0.39 is 65.4 Å². The molecule has 6 amide bonds. The highest BCUT2D eigenvalue weighted by atomic mass is 19.1. The lowest BCUT2D eigenvalue weighted by atomic mass is 9.90. The molecule has 0 radical (unpaired) electrons. The van der Waals surface area contributed by atoms with Crippen LogP contribution in [0.4, 0.5) is 31.0 Å². The lowest BCUT2D eigenvalue weighted by Gasteiger charge is -2.36. The van der Waals surface area contributed by atoms with Crippen LogP contribution in [-0.4, -0.2) is 83.6 Å². The standard InChI is InChI=1S/C46H51FN6O9/c1-28(52(5)45(59)62-46(2,3)4)40(54)51-38(30-21-23-60-24-22-30)43(57)53-26-32-13-9-10-14-35(32)39(53)42(56)50-37-25-31(15-20-36(37)47)41(55)48-33-16-18-34(19-17-33)49-44(58)61-27-29-11-7-6-8-12-29/h6-20,25,28,30,38-39H,21-24,26-27H2,1-5H3,(H,48,55)(H,49,58)(H,50,56)(H,51,54)/t28-,38?,39-/m0/s1. The predicted octanol–water partition coefficient (Wildman–Crippen LogP) is 7.02. The van der Waals surface area contributed by atoms with Crippen LogP contribution in [0.3, 0.4) is 0 Å². The van der Waals surface area contributed by atoms with Gasteiger partial charge in [-0.2, -0.15) is 0 Å². The number of likely N-dealkylation sites (N-methyl/N-ethyl adjacent to an activating group) is 1. The van der Waals surface area contributed by atoms with Crippen LogP contribution in [0.5, 0.6) is 0 Å². The Morgan fingerprint density at radius 2 is 1.50 bits per heavy atom. The Labute approximate surface area is 359 Å². The van der Waals surface area contributed by atoms with Gasteiger partial charge in [-0.05, 0) is 106 Å². The smallest absolute Gasteiger partial charge is 0.411 e. The van der Waals surface area contributed by atoms with Crippen LogP contribution in [-0.2, 0) is 41.7 Å². The number of nitrogens with zero attached hydrogens (tertiary/aromatic N) is 2. The molecule has 1 fully saturated rings. The molecule has 6 rings (SSSR count). The fourth-order valence-corrected chi connectivity index (χ4v) is 7.11. The number of rotatable bonds is 12. The summed E-state index contributed by atoms with van der Waals surface area (Å²) < 4.78 is 31.6. The third-order valence-electron chi connectivity index (χ3n) is 10.6. The van der Waals surface area contributed by atoms with E-state index in [9.17, 15) is 28.8 Å². The maximum atomic E-state index is 15.4. The topological polar surface area (TPSA) is 185 Å². The van der Waals surface area contributed by atoms with E-state index in [1.807, 2.05) is 30.3 Å². The molecule has 4 N–H and O–H groups in total. The zero-order valence-electron chi connectivity index (χ0n) is 35.2. The number of carbonyl (C=O) groups is 6. The van der Waals surface area contributed by atoms with Gasteiger partial charge in [0.2, 0.25) is 11.8 Å². The second-order valence-electron chi connectivity index (χ2n) is 16.2. The second kappa shape index (κ2) is 19.7. The molecule has 15 nitrogen and oxygen atoms in total. The number of fused-ring (bicyclic) bond motifs is 1. The van der Waals surface area contributed by atoms with Gasteiger partial charge in [0.25, 0.3) is 11.8 Å². The van der Waals surface area contributed by atoms with E-state index in [1.165, 1.54) is 31.0 Å². The van der Waals surface area contributed by atoms with Gasteiger partial charge in [-0.25, -0.2) is 14.0 Å². The summed E-state index contributed by atoms with van der Waals surface area (Å²) >= 11 is 0. The lowest BCUT2D eigenvalue weighted by Crippen LogP contribution is -2.57. The Bertz CT molecular complexity index is 2280. The molecule has 0 saturated carbocycles. The van der Waals surface area contributed by atoms with Crippen LogP contribution < -0.4 is 21.3 Å². The van der Waals surface area contributed by atoms with Gasteiger partial charge in [0.05, 0.1) is 5.69 Å². The number of anilines is 3. The minimum atomic E-state index is -1.22. The Balaban J connectivity index is 1.15. The van der Waals surface area contributed by atoms with Crippen molar-refractivity contribution in [1.29, 1.82) is 0 Å². The molecule has 1 unspecified atom stereocenters. The van der Waals surface area contributed by atoms with Gasteiger partial charge in [-0.3, -0.25) is 29.4 Å². The van der Waals surface area contributed by atoms with E-state index >= 15 is 4.39 Å². The number of amides is 6. The Morgan fingerprint density at radius 1 is 0.855 bits per heavy atom. The molecule has 4 aromatic rings. The molecule has 2 heterocycles. The minimum Gasteiger partial charge on any atom is -0.444 e. The van der Waals surface area contributed by atoms with Crippen molar-refractivity contribution in [1.82, 2.24) is 15.1 Å². The summed E-state index contributed by atoms with van der Waals surface area (Å²) in [7, 11) is 1.43. The van der Waals surface area contributed by atoms with Crippen molar-refractivity contribution < 1.29 is 47.4 Å². The van der Waals surface area contributed by atoms with E-state index in [2.05, 4.69) is 21.3 Å². The van der Waals surface area contributed by atoms with Crippen LogP contribution in [0.2, 0.25) is 0 Å². The van der Waals surface area contributed by atoms with Crippen LogP contribution >= 0.6 is 0 Å². The zero-order chi connectivity index (χ0) is 44.6. The molecule has 0 aromatic heterocycles. The number of hydrogen-bond donors (Lipinski definition) is 4. The molecule has 0 spiro atoms. The highest BCUT2D eigenvalue weighted by Crippen LogP contribution is 2.37. The lowest BCUT2D eigenvalue weighted by molar-refractivity contribution is -0.144. The summed E-state index contributed by atoms with van der Waals surface area (Å²) in [6.45, 7) is 7.51. The summed E-state index contributed by atoms with van der Waals surface area (Å²) in [5.41, 5.74) is 1.79. The van der Waals surface area contributed by atoms with E-state index in [-0.39, 0.29) is 30.3 Å². The molecular weight excluding hydrogens is 800 g/mol.